The number of hydrogen-bond acceptors (Lipinski definition) is 5. The van der Waals surface area contributed by atoms with Gasteiger partial charge >= 0.3 is 6.18 Å². The Morgan fingerprint density at radius 3 is 2.71 bits per heavy atom. The zero-order chi connectivity index (χ0) is 24.3. The number of amides is 2. The Morgan fingerprint density at radius 1 is 1.18 bits per heavy atom. The van der Waals surface area contributed by atoms with Crippen LogP contribution in [0.15, 0.2) is 48.8 Å². The quantitative estimate of drug-likeness (QED) is 0.590. The summed E-state index contributed by atoms with van der Waals surface area (Å²) in [6, 6.07) is 11.6. The van der Waals surface area contributed by atoms with Gasteiger partial charge in [0.05, 0.1) is 41.8 Å². The van der Waals surface area contributed by atoms with Crippen LogP contribution in [0.4, 0.5) is 24.5 Å². The zero-order valence-corrected chi connectivity index (χ0v) is 17.8. The third-order valence-electron chi connectivity index (χ3n) is 5.33. The van der Waals surface area contributed by atoms with E-state index in [-0.39, 0.29) is 24.1 Å². The minimum absolute atomic E-state index is 0.0621. The number of rotatable bonds is 6. The van der Waals surface area contributed by atoms with Crippen LogP contribution in [0.25, 0.3) is 0 Å². The third kappa shape index (κ3) is 5.06. The number of benzene rings is 1. The van der Waals surface area contributed by atoms with E-state index in [1.165, 1.54) is 28.0 Å². The Bertz CT molecular complexity index is 1260. The van der Waals surface area contributed by atoms with Crippen molar-refractivity contribution in [2.24, 2.45) is 0 Å². The molecular formula is C23H19F3N6O2. The van der Waals surface area contributed by atoms with E-state index in [1.54, 1.807) is 30.3 Å². The maximum absolute atomic E-state index is 13.2. The number of nitriles is 1. The van der Waals surface area contributed by atoms with Crippen LogP contribution in [0.2, 0.25) is 0 Å². The van der Waals surface area contributed by atoms with Crippen LogP contribution in [0.1, 0.15) is 44.9 Å². The van der Waals surface area contributed by atoms with E-state index in [1.807, 2.05) is 6.07 Å². The Labute approximate surface area is 192 Å². The molecule has 1 aromatic carbocycles. The van der Waals surface area contributed by atoms with Crippen molar-refractivity contribution in [2.75, 3.05) is 16.8 Å². The molecule has 1 aliphatic rings. The minimum atomic E-state index is -4.20. The Kier molecular flexibility index (Phi) is 6.32. The number of anilines is 2. The van der Waals surface area contributed by atoms with Gasteiger partial charge in [0.25, 0.3) is 11.8 Å². The Hall–Kier alpha value is -4.20. The van der Waals surface area contributed by atoms with Gasteiger partial charge in [0, 0.05) is 24.3 Å². The molecule has 34 heavy (non-hydrogen) atoms. The summed E-state index contributed by atoms with van der Waals surface area (Å²) < 4.78 is 38.5. The molecule has 0 radical (unpaired) electrons. The zero-order valence-electron chi connectivity index (χ0n) is 17.8. The second-order valence-electron chi connectivity index (χ2n) is 7.71. The molecule has 0 unspecified atom stereocenters. The minimum Gasteiger partial charge on any atom is -0.322 e. The molecule has 2 aromatic heterocycles. The van der Waals surface area contributed by atoms with Crippen molar-refractivity contribution in [1.82, 2.24) is 14.8 Å². The lowest BCUT2D eigenvalue weighted by molar-refractivity contribution is -0.135. The average molecular weight is 468 g/mol. The maximum atomic E-state index is 13.2. The summed E-state index contributed by atoms with van der Waals surface area (Å²) >= 11 is 0. The van der Waals surface area contributed by atoms with E-state index in [9.17, 15) is 22.8 Å². The molecule has 0 saturated carbocycles. The van der Waals surface area contributed by atoms with Crippen LogP contribution in [0.5, 0.6) is 0 Å². The maximum Gasteiger partial charge on any atom is 0.389 e. The van der Waals surface area contributed by atoms with E-state index in [0.29, 0.717) is 35.7 Å². The summed E-state index contributed by atoms with van der Waals surface area (Å²) in [5, 5.41) is 15.8. The SMILES string of the molecule is N#Cc1cccc(NC(=O)c2cnn3c2C(=O)N(c2ccc(CCCC(F)(F)F)nc2)CC3)c1. The summed E-state index contributed by atoms with van der Waals surface area (Å²) in [5.74, 6) is -0.976. The Morgan fingerprint density at radius 2 is 2.00 bits per heavy atom. The summed E-state index contributed by atoms with van der Waals surface area (Å²) in [6.07, 6.45) is -2.20. The molecule has 1 N–H and O–H groups in total. The fraction of sp³-hybridized carbons (Fsp3) is 0.261. The second-order valence-corrected chi connectivity index (χ2v) is 7.71. The average Bonchev–Trinajstić information content (AvgIpc) is 3.25. The molecule has 0 bridgehead atoms. The monoisotopic (exact) mass is 468 g/mol. The highest BCUT2D eigenvalue weighted by molar-refractivity contribution is 6.15. The topological polar surface area (TPSA) is 104 Å². The number of aryl methyl sites for hydroxylation is 1. The summed E-state index contributed by atoms with van der Waals surface area (Å²) in [5.41, 5.74) is 1.98. The number of pyridine rings is 1. The predicted molar refractivity (Wildman–Crippen MR) is 116 cm³/mol. The van der Waals surface area contributed by atoms with E-state index in [2.05, 4.69) is 15.4 Å². The van der Waals surface area contributed by atoms with E-state index < -0.39 is 24.4 Å². The van der Waals surface area contributed by atoms with Crippen molar-refractivity contribution in [2.45, 2.75) is 32.0 Å². The number of halogens is 3. The number of fused-ring (bicyclic) bond motifs is 1. The first kappa shape index (κ1) is 23.0. The number of carbonyl (C=O) groups is 2. The van der Waals surface area contributed by atoms with E-state index in [4.69, 9.17) is 5.26 Å². The van der Waals surface area contributed by atoms with Crippen LogP contribution < -0.4 is 10.2 Å². The third-order valence-corrected chi connectivity index (χ3v) is 5.33. The molecule has 0 spiro atoms. The highest BCUT2D eigenvalue weighted by Crippen LogP contribution is 2.25. The molecule has 3 heterocycles. The molecule has 3 aromatic rings. The molecule has 2 amide bonds. The summed E-state index contributed by atoms with van der Waals surface area (Å²) in [7, 11) is 0. The number of nitrogens with zero attached hydrogens (tertiary/aromatic N) is 5. The molecule has 0 saturated heterocycles. The van der Waals surface area contributed by atoms with Crippen LogP contribution in [-0.4, -0.2) is 39.3 Å². The molecule has 1 aliphatic heterocycles. The van der Waals surface area contributed by atoms with Gasteiger partial charge in [-0.1, -0.05) is 6.07 Å². The standard InChI is InChI=1S/C23H19F3N6O2/c24-23(25,26)8-2-5-16-6-7-18(13-28-16)31-9-10-32-20(22(31)34)19(14-29-32)21(33)30-17-4-1-3-15(11-17)12-27/h1,3-4,6-7,11,13-14H,2,5,8-10H2,(H,30,33). The fourth-order valence-corrected chi connectivity index (χ4v) is 3.68. The number of hydrogen-bond donors (Lipinski definition) is 1. The number of nitrogens with one attached hydrogen (secondary N) is 1. The van der Waals surface area contributed by atoms with E-state index >= 15 is 0 Å². The molecule has 0 aliphatic carbocycles. The molecule has 11 heteroatoms. The highest BCUT2D eigenvalue weighted by Gasteiger charge is 2.32. The van der Waals surface area contributed by atoms with Gasteiger partial charge in [-0.15, -0.1) is 0 Å². The Balaban J connectivity index is 1.48. The van der Waals surface area contributed by atoms with Gasteiger partial charge in [-0.2, -0.15) is 23.5 Å². The predicted octanol–water partition coefficient (Wildman–Crippen LogP) is 3.95. The van der Waals surface area contributed by atoms with Crippen LogP contribution >= 0.6 is 0 Å². The summed E-state index contributed by atoms with van der Waals surface area (Å²) in [6.45, 7) is 0.652. The molecule has 0 fully saturated rings. The van der Waals surface area contributed by atoms with Gasteiger partial charge in [-0.25, -0.2) is 0 Å². The van der Waals surface area contributed by atoms with Crippen molar-refractivity contribution in [3.05, 3.63) is 71.3 Å². The molecular weight excluding hydrogens is 449 g/mol. The van der Waals surface area contributed by atoms with E-state index in [0.717, 1.165) is 0 Å². The molecule has 8 nitrogen and oxygen atoms in total. The number of alkyl halides is 3. The second kappa shape index (κ2) is 9.35. The van der Waals surface area contributed by atoms with Gasteiger partial charge in [-0.05, 0) is 43.2 Å². The van der Waals surface area contributed by atoms with Crippen LogP contribution in [0, 0.1) is 11.3 Å². The van der Waals surface area contributed by atoms with Gasteiger partial charge in [0.1, 0.15) is 5.69 Å². The van der Waals surface area contributed by atoms with Crippen molar-refractivity contribution in [3.63, 3.8) is 0 Å². The first-order valence-corrected chi connectivity index (χ1v) is 10.5. The smallest absolute Gasteiger partial charge is 0.322 e. The molecule has 174 valence electrons. The lowest BCUT2D eigenvalue weighted by atomic mass is 10.1. The van der Waals surface area contributed by atoms with Crippen molar-refractivity contribution >= 4 is 23.2 Å². The normalized spacial score (nSPS) is 13.4. The van der Waals surface area contributed by atoms with Gasteiger partial charge in [0.15, 0.2) is 0 Å². The fourth-order valence-electron chi connectivity index (χ4n) is 3.68. The van der Waals surface area contributed by atoms with Crippen molar-refractivity contribution in [3.8, 4) is 6.07 Å². The van der Waals surface area contributed by atoms with Crippen molar-refractivity contribution in [1.29, 1.82) is 5.26 Å². The lowest BCUT2D eigenvalue weighted by Crippen LogP contribution is -2.41. The number of carbonyl (C=O) groups excluding carboxylic acids is 2. The number of aromatic nitrogens is 3. The van der Waals surface area contributed by atoms with Crippen LogP contribution in [-0.2, 0) is 13.0 Å². The molecule has 4 rings (SSSR count). The molecule has 0 atom stereocenters. The largest absolute Gasteiger partial charge is 0.389 e. The summed E-state index contributed by atoms with van der Waals surface area (Å²) in [4.78, 5) is 31.7. The first-order valence-electron chi connectivity index (χ1n) is 10.5. The highest BCUT2D eigenvalue weighted by atomic mass is 19.4. The first-order chi connectivity index (χ1) is 16.2. The van der Waals surface area contributed by atoms with Crippen molar-refractivity contribution < 1.29 is 22.8 Å². The van der Waals surface area contributed by atoms with Gasteiger partial charge < -0.3 is 10.2 Å². The van der Waals surface area contributed by atoms with Gasteiger partial charge in [-0.3, -0.25) is 19.3 Å². The lowest BCUT2D eigenvalue weighted by Gasteiger charge is -2.28. The van der Waals surface area contributed by atoms with Crippen LogP contribution in [0.3, 0.4) is 0 Å². The van der Waals surface area contributed by atoms with Gasteiger partial charge in [0.2, 0.25) is 0 Å².